The molecule has 0 fully saturated rings. The Morgan fingerprint density at radius 1 is 1.25 bits per heavy atom. The van der Waals surface area contributed by atoms with Crippen molar-refractivity contribution in [1.29, 1.82) is 0 Å². The van der Waals surface area contributed by atoms with Gasteiger partial charge < -0.3 is 20.3 Å². The summed E-state index contributed by atoms with van der Waals surface area (Å²) in [6, 6.07) is -1.15. The summed E-state index contributed by atoms with van der Waals surface area (Å²) in [5.74, 6) is -1.66. The van der Waals surface area contributed by atoms with E-state index in [4.69, 9.17) is 5.11 Å². The number of rotatable bonds is 3. The van der Waals surface area contributed by atoms with Gasteiger partial charge in [-0.15, -0.1) is 0 Å². The molecule has 0 bridgehead atoms. The molecule has 0 aromatic heterocycles. The summed E-state index contributed by atoms with van der Waals surface area (Å²) in [4.78, 5) is 21.4. The van der Waals surface area contributed by atoms with E-state index in [1.54, 1.807) is 0 Å². The van der Waals surface area contributed by atoms with Crippen LogP contribution >= 0.6 is 0 Å². The van der Waals surface area contributed by atoms with Crippen LogP contribution in [0.5, 0.6) is 0 Å². The van der Waals surface area contributed by atoms with Crippen LogP contribution in [0, 0.1) is 0 Å². The van der Waals surface area contributed by atoms with Gasteiger partial charge in [-0.1, -0.05) is 0 Å². The summed E-state index contributed by atoms with van der Waals surface area (Å²) in [6.07, 6.45) is -1.57. The smallest absolute Gasteiger partial charge is 0.367 e. The molecular weight excluding hydrogens is 166 g/mol. The largest absolute Gasteiger partial charge is 0.467 e. The lowest BCUT2D eigenvalue weighted by Crippen LogP contribution is -2.71. The lowest BCUT2D eigenvalue weighted by atomic mass is 10.2. The highest BCUT2D eigenvalue weighted by atomic mass is 16.5. The summed E-state index contributed by atoms with van der Waals surface area (Å²) < 4.78 is 8.45. The van der Waals surface area contributed by atoms with E-state index in [0.29, 0.717) is 0 Å². The fourth-order valence-corrected chi connectivity index (χ4v) is 0.565. The summed E-state index contributed by atoms with van der Waals surface area (Å²) in [7, 11) is 2.25. The minimum Gasteiger partial charge on any atom is -0.467 e. The zero-order valence-electron chi connectivity index (χ0n) is 6.94. The number of esters is 2. The maximum Gasteiger partial charge on any atom is 0.367 e. The van der Waals surface area contributed by atoms with Crippen LogP contribution in [-0.2, 0) is 19.1 Å². The van der Waals surface area contributed by atoms with E-state index in [0.717, 1.165) is 14.2 Å². The Hall–Kier alpha value is -1.14. The quantitative estimate of drug-likeness (QED) is 0.458. The zero-order chi connectivity index (χ0) is 9.72. The van der Waals surface area contributed by atoms with Gasteiger partial charge in [0.25, 0.3) is 0 Å². The molecule has 12 heavy (non-hydrogen) atoms. The Morgan fingerprint density at radius 2 is 1.67 bits per heavy atom. The molecule has 0 aliphatic heterocycles. The maximum absolute atomic E-state index is 10.7. The first-order chi connectivity index (χ1) is 5.54. The molecule has 70 valence electrons. The van der Waals surface area contributed by atoms with Crippen LogP contribution < -0.4 is 5.73 Å². The molecule has 0 heterocycles. The van der Waals surface area contributed by atoms with Gasteiger partial charge in [0.2, 0.25) is 12.1 Å². The van der Waals surface area contributed by atoms with Crippen LogP contribution in [0.3, 0.4) is 0 Å². The van der Waals surface area contributed by atoms with Crippen LogP contribution in [0.25, 0.3) is 0 Å². The lowest BCUT2D eigenvalue weighted by Gasteiger charge is -2.10. The molecule has 2 atom stereocenters. The normalized spacial score (nSPS) is 14.7. The Kier molecular flexibility index (Phi) is 4.24. The van der Waals surface area contributed by atoms with Gasteiger partial charge in [0, 0.05) is 0 Å². The molecule has 0 aliphatic carbocycles. The number of aliphatic hydroxyl groups excluding tert-OH is 1. The van der Waals surface area contributed by atoms with Gasteiger partial charge in [0.05, 0.1) is 14.2 Å². The van der Waals surface area contributed by atoms with E-state index in [9.17, 15) is 9.59 Å². The molecular formula is C6H12NO5+. The highest BCUT2D eigenvalue weighted by Gasteiger charge is 2.33. The van der Waals surface area contributed by atoms with Crippen molar-refractivity contribution >= 4 is 11.9 Å². The predicted octanol–water partition coefficient (Wildman–Crippen LogP) is -2.70. The molecule has 0 unspecified atom stereocenters. The van der Waals surface area contributed by atoms with E-state index in [2.05, 4.69) is 15.2 Å². The predicted molar refractivity (Wildman–Crippen MR) is 36.7 cm³/mol. The molecule has 0 radical (unpaired) electrons. The molecule has 0 saturated carbocycles. The number of ether oxygens (including phenoxy) is 2. The third-order valence-corrected chi connectivity index (χ3v) is 1.33. The number of carbonyl (C=O) groups excluding carboxylic acids is 2. The highest BCUT2D eigenvalue weighted by molar-refractivity contribution is 5.84. The van der Waals surface area contributed by atoms with E-state index < -0.39 is 24.1 Å². The average Bonchev–Trinajstić information content (AvgIpc) is 2.12. The second-order valence-corrected chi connectivity index (χ2v) is 2.10. The third kappa shape index (κ3) is 2.48. The van der Waals surface area contributed by atoms with Crippen molar-refractivity contribution in [2.75, 3.05) is 14.2 Å². The molecule has 6 nitrogen and oxygen atoms in total. The topological polar surface area (TPSA) is 100 Å². The van der Waals surface area contributed by atoms with Gasteiger partial charge in [-0.2, -0.15) is 0 Å². The number of aliphatic hydroxyl groups is 1. The van der Waals surface area contributed by atoms with Gasteiger partial charge in [-0.3, -0.25) is 0 Å². The van der Waals surface area contributed by atoms with Crippen LogP contribution in [-0.4, -0.2) is 43.4 Å². The van der Waals surface area contributed by atoms with Crippen LogP contribution in [0.2, 0.25) is 0 Å². The van der Waals surface area contributed by atoms with Gasteiger partial charge in [0.1, 0.15) is 0 Å². The van der Waals surface area contributed by atoms with E-state index in [-0.39, 0.29) is 0 Å². The van der Waals surface area contributed by atoms with Gasteiger partial charge in [0.15, 0.2) is 0 Å². The summed E-state index contributed by atoms with van der Waals surface area (Å²) in [5.41, 5.74) is 3.25. The number of hydrogen-bond acceptors (Lipinski definition) is 5. The minimum absolute atomic E-state index is 0.757. The molecule has 0 rings (SSSR count). The summed E-state index contributed by atoms with van der Waals surface area (Å²) in [5, 5.41) is 9.05. The van der Waals surface area contributed by atoms with E-state index >= 15 is 0 Å². The van der Waals surface area contributed by atoms with E-state index in [1.807, 2.05) is 0 Å². The maximum atomic E-state index is 10.7. The second-order valence-electron chi connectivity index (χ2n) is 2.10. The SMILES string of the molecule is COC(=O)[C@@H]([NH3+])[C@H](O)C(=O)OC. The Labute approximate surface area is 69.2 Å². The van der Waals surface area contributed by atoms with Crippen LogP contribution in [0.4, 0.5) is 0 Å². The zero-order valence-corrected chi connectivity index (χ0v) is 6.94. The monoisotopic (exact) mass is 178 g/mol. The minimum atomic E-state index is -1.57. The molecule has 0 saturated heterocycles. The number of quaternary nitrogens is 1. The van der Waals surface area contributed by atoms with Crippen molar-refractivity contribution in [3.05, 3.63) is 0 Å². The van der Waals surface area contributed by atoms with Gasteiger partial charge in [-0.25, -0.2) is 9.59 Å². The van der Waals surface area contributed by atoms with Crippen molar-refractivity contribution < 1.29 is 29.9 Å². The first-order valence-electron chi connectivity index (χ1n) is 3.21. The van der Waals surface area contributed by atoms with Crippen molar-refractivity contribution in [2.24, 2.45) is 0 Å². The second kappa shape index (κ2) is 4.68. The van der Waals surface area contributed by atoms with Crippen molar-refractivity contribution in [2.45, 2.75) is 12.1 Å². The Balaban J connectivity index is 4.18. The van der Waals surface area contributed by atoms with Crippen LogP contribution in [0.1, 0.15) is 0 Å². The Bertz CT molecular complexity index is 161. The van der Waals surface area contributed by atoms with Gasteiger partial charge >= 0.3 is 11.9 Å². The standard InChI is InChI=1S/C6H11NO5/c1-11-5(9)3(7)4(8)6(10)12-2/h3-4,8H,7H2,1-2H3/p+1/t3-,4-/m0/s1. The van der Waals surface area contributed by atoms with Crippen LogP contribution in [0.15, 0.2) is 0 Å². The number of carbonyl (C=O) groups is 2. The first-order valence-corrected chi connectivity index (χ1v) is 3.21. The fraction of sp³-hybridized carbons (Fsp3) is 0.667. The van der Waals surface area contributed by atoms with E-state index in [1.165, 1.54) is 0 Å². The molecule has 0 spiro atoms. The average molecular weight is 178 g/mol. The third-order valence-electron chi connectivity index (χ3n) is 1.33. The highest BCUT2D eigenvalue weighted by Crippen LogP contribution is 1.93. The lowest BCUT2D eigenvalue weighted by molar-refractivity contribution is -0.421. The fourth-order valence-electron chi connectivity index (χ4n) is 0.565. The number of hydrogen-bond donors (Lipinski definition) is 2. The van der Waals surface area contributed by atoms with Crippen molar-refractivity contribution in [3.63, 3.8) is 0 Å². The molecule has 6 heteroatoms. The molecule has 0 aliphatic rings. The molecule has 0 aromatic carbocycles. The molecule has 0 aromatic rings. The number of methoxy groups -OCH3 is 2. The molecule has 0 amide bonds. The van der Waals surface area contributed by atoms with Gasteiger partial charge in [-0.05, 0) is 0 Å². The Morgan fingerprint density at radius 3 is 2.00 bits per heavy atom. The summed E-state index contributed by atoms with van der Waals surface area (Å²) >= 11 is 0. The first kappa shape index (κ1) is 10.9. The van der Waals surface area contributed by atoms with Crippen molar-refractivity contribution in [1.82, 2.24) is 0 Å². The molecule has 4 N–H and O–H groups in total. The summed E-state index contributed by atoms with van der Waals surface area (Å²) in [6.45, 7) is 0. The van der Waals surface area contributed by atoms with Crippen molar-refractivity contribution in [3.8, 4) is 0 Å².